The normalized spacial score (nSPS) is 12.8. The minimum absolute atomic E-state index is 0.171. The summed E-state index contributed by atoms with van der Waals surface area (Å²) in [5.41, 5.74) is 0.939. The molecule has 7 heteroatoms. The van der Waals surface area contributed by atoms with Crippen LogP contribution in [0.1, 0.15) is 18.5 Å². The lowest BCUT2D eigenvalue weighted by Crippen LogP contribution is -2.40. The van der Waals surface area contributed by atoms with Crippen molar-refractivity contribution < 1.29 is 13.2 Å². The van der Waals surface area contributed by atoms with Gasteiger partial charge in [0.2, 0.25) is 15.9 Å². The number of hydrogen-bond acceptors (Lipinski definition) is 4. The fraction of sp³-hybridized carbons (Fsp3) is 0.294. The molecule has 24 heavy (non-hydrogen) atoms. The molecule has 0 radical (unpaired) electrons. The molecule has 2 aromatic rings. The molecule has 1 unspecified atom stereocenters. The lowest BCUT2D eigenvalue weighted by Gasteiger charge is -2.27. The Kier molecular flexibility index (Phi) is 5.69. The number of carbonyl (C=O) groups excluding carboxylic acids is 1. The minimum Gasteiger partial charge on any atom is -0.338 e. The largest absolute Gasteiger partial charge is 0.338 e. The Bertz CT molecular complexity index is 779. The Morgan fingerprint density at radius 3 is 2.25 bits per heavy atom. The molecule has 128 valence electrons. The summed E-state index contributed by atoms with van der Waals surface area (Å²) < 4.78 is 26.0. The predicted octanol–water partition coefficient (Wildman–Crippen LogP) is 1.92. The van der Waals surface area contributed by atoms with Gasteiger partial charge < -0.3 is 4.90 Å². The fourth-order valence-electron chi connectivity index (χ4n) is 2.24. The lowest BCUT2D eigenvalue weighted by molar-refractivity contribution is -0.131. The molecular weight excluding hydrogens is 326 g/mol. The molecule has 0 fully saturated rings. The summed E-state index contributed by atoms with van der Waals surface area (Å²) in [6.07, 6.45) is 3.33. The van der Waals surface area contributed by atoms with Crippen LogP contribution in [-0.4, -0.2) is 49.2 Å². The molecule has 0 aliphatic rings. The van der Waals surface area contributed by atoms with Gasteiger partial charge >= 0.3 is 0 Å². The number of carbonyl (C=O) groups is 1. The van der Waals surface area contributed by atoms with Gasteiger partial charge in [-0.3, -0.25) is 9.78 Å². The van der Waals surface area contributed by atoms with E-state index in [4.69, 9.17) is 0 Å². The Hall–Kier alpha value is -2.25. The van der Waals surface area contributed by atoms with Gasteiger partial charge in [0.15, 0.2) is 0 Å². The Labute approximate surface area is 142 Å². The van der Waals surface area contributed by atoms with E-state index in [2.05, 4.69) is 4.98 Å². The predicted molar refractivity (Wildman–Crippen MR) is 91.7 cm³/mol. The molecular formula is C17H21N3O3S. The maximum atomic E-state index is 12.5. The minimum atomic E-state index is -3.68. The molecule has 6 nitrogen and oxygen atoms in total. The number of sulfonamides is 1. The standard InChI is InChI=1S/C17H21N3O3S/c1-14(15-9-11-18-12-10-15)20(3)17(21)13-19(2)24(22,23)16-7-5-4-6-8-16/h4-12,14H,13H2,1-3H3. The molecule has 2 rings (SSSR count). The van der Waals surface area contributed by atoms with E-state index in [1.807, 2.05) is 19.1 Å². The fourth-order valence-corrected chi connectivity index (χ4v) is 3.38. The Balaban J connectivity index is 2.08. The Morgan fingerprint density at radius 1 is 1.08 bits per heavy atom. The average molecular weight is 347 g/mol. The van der Waals surface area contributed by atoms with Crippen LogP contribution in [0.15, 0.2) is 59.8 Å². The molecule has 1 amide bonds. The number of likely N-dealkylation sites (N-methyl/N-ethyl adjacent to an activating group) is 2. The molecule has 0 aliphatic carbocycles. The molecule has 0 bridgehead atoms. The number of pyridine rings is 1. The molecule has 1 aromatic heterocycles. The van der Waals surface area contributed by atoms with Crippen LogP contribution in [0, 0.1) is 0 Å². The van der Waals surface area contributed by atoms with E-state index in [1.54, 1.807) is 37.6 Å². The number of hydrogen-bond donors (Lipinski definition) is 0. The van der Waals surface area contributed by atoms with Crippen molar-refractivity contribution in [3.8, 4) is 0 Å². The molecule has 1 heterocycles. The van der Waals surface area contributed by atoms with E-state index >= 15 is 0 Å². The van der Waals surface area contributed by atoms with Gasteiger partial charge in [-0.25, -0.2) is 8.42 Å². The van der Waals surface area contributed by atoms with Crippen LogP contribution >= 0.6 is 0 Å². The van der Waals surface area contributed by atoms with Crippen LogP contribution in [0.4, 0.5) is 0 Å². The smallest absolute Gasteiger partial charge is 0.243 e. The SMILES string of the molecule is CC(c1ccncc1)N(C)C(=O)CN(C)S(=O)(=O)c1ccccc1. The zero-order valence-electron chi connectivity index (χ0n) is 14.0. The van der Waals surface area contributed by atoms with Crippen molar-refractivity contribution in [1.29, 1.82) is 0 Å². The van der Waals surface area contributed by atoms with E-state index in [0.717, 1.165) is 9.87 Å². The van der Waals surface area contributed by atoms with E-state index in [1.165, 1.54) is 24.1 Å². The van der Waals surface area contributed by atoms with Crippen LogP contribution in [0.2, 0.25) is 0 Å². The second-order valence-electron chi connectivity index (χ2n) is 5.54. The maximum Gasteiger partial charge on any atom is 0.243 e. The molecule has 0 aliphatic heterocycles. The molecule has 0 spiro atoms. The van der Waals surface area contributed by atoms with Crippen LogP contribution < -0.4 is 0 Å². The summed E-state index contributed by atoms with van der Waals surface area (Å²) in [5.74, 6) is -0.277. The van der Waals surface area contributed by atoms with E-state index < -0.39 is 10.0 Å². The summed E-state index contributed by atoms with van der Waals surface area (Å²) >= 11 is 0. The van der Waals surface area contributed by atoms with E-state index in [-0.39, 0.29) is 23.4 Å². The van der Waals surface area contributed by atoms with Crippen LogP contribution in [0.5, 0.6) is 0 Å². The molecule has 0 saturated heterocycles. The van der Waals surface area contributed by atoms with Crippen molar-refractivity contribution in [2.45, 2.75) is 17.9 Å². The highest BCUT2D eigenvalue weighted by Crippen LogP contribution is 2.19. The quantitative estimate of drug-likeness (QED) is 0.800. The van der Waals surface area contributed by atoms with Gasteiger partial charge in [-0.2, -0.15) is 4.31 Å². The van der Waals surface area contributed by atoms with Crippen molar-refractivity contribution in [3.05, 3.63) is 60.4 Å². The molecule has 1 atom stereocenters. The van der Waals surface area contributed by atoms with E-state index in [0.29, 0.717) is 0 Å². The van der Waals surface area contributed by atoms with Crippen molar-refractivity contribution in [3.63, 3.8) is 0 Å². The number of amides is 1. The molecule has 0 N–H and O–H groups in total. The van der Waals surface area contributed by atoms with Crippen molar-refractivity contribution in [1.82, 2.24) is 14.2 Å². The highest BCUT2D eigenvalue weighted by molar-refractivity contribution is 7.89. The highest BCUT2D eigenvalue weighted by atomic mass is 32.2. The molecule has 0 saturated carbocycles. The van der Waals surface area contributed by atoms with Gasteiger partial charge in [-0.05, 0) is 36.8 Å². The maximum absolute atomic E-state index is 12.5. The van der Waals surface area contributed by atoms with Gasteiger partial charge in [-0.1, -0.05) is 18.2 Å². The first kappa shape index (κ1) is 18.1. The first-order valence-electron chi connectivity index (χ1n) is 7.51. The monoisotopic (exact) mass is 347 g/mol. The van der Waals surface area contributed by atoms with Crippen molar-refractivity contribution in [2.24, 2.45) is 0 Å². The highest BCUT2D eigenvalue weighted by Gasteiger charge is 2.25. The topological polar surface area (TPSA) is 70.6 Å². The number of rotatable bonds is 6. The second kappa shape index (κ2) is 7.55. The number of benzene rings is 1. The van der Waals surface area contributed by atoms with Crippen LogP contribution in [0.3, 0.4) is 0 Å². The van der Waals surface area contributed by atoms with Crippen LogP contribution in [-0.2, 0) is 14.8 Å². The lowest BCUT2D eigenvalue weighted by atomic mass is 10.1. The third-order valence-electron chi connectivity index (χ3n) is 3.97. The summed E-state index contributed by atoms with van der Waals surface area (Å²) in [5, 5.41) is 0. The number of aromatic nitrogens is 1. The third kappa shape index (κ3) is 3.98. The average Bonchev–Trinajstić information content (AvgIpc) is 2.61. The second-order valence-corrected chi connectivity index (χ2v) is 7.58. The zero-order chi connectivity index (χ0) is 17.7. The summed E-state index contributed by atoms with van der Waals surface area (Å²) in [4.78, 5) is 18.1. The summed E-state index contributed by atoms with van der Waals surface area (Å²) in [6.45, 7) is 1.67. The van der Waals surface area contributed by atoms with E-state index in [9.17, 15) is 13.2 Å². The first-order valence-corrected chi connectivity index (χ1v) is 8.95. The molecule has 1 aromatic carbocycles. The van der Waals surface area contributed by atoms with Gasteiger partial charge in [0, 0.05) is 26.5 Å². The van der Waals surface area contributed by atoms with Gasteiger partial charge in [0.05, 0.1) is 17.5 Å². The summed E-state index contributed by atoms with van der Waals surface area (Å²) in [7, 11) is -0.611. The van der Waals surface area contributed by atoms with Crippen molar-refractivity contribution >= 4 is 15.9 Å². The van der Waals surface area contributed by atoms with Gasteiger partial charge in [-0.15, -0.1) is 0 Å². The van der Waals surface area contributed by atoms with Gasteiger partial charge in [0.1, 0.15) is 0 Å². The third-order valence-corrected chi connectivity index (χ3v) is 5.79. The zero-order valence-corrected chi connectivity index (χ0v) is 14.8. The Morgan fingerprint density at radius 2 is 1.67 bits per heavy atom. The van der Waals surface area contributed by atoms with Crippen molar-refractivity contribution in [2.75, 3.05) is 20.6 Å². The first-order chi connectivity index (χ1) is 11.3. The number of nitrogens with zero attached hydrogens (tertiary/aromatic N) is 3. The summed E-state index contributed by atoms with van der Waals surface area (Å²) in [6, 6.07) is 11.6. The van der Waals surface area contributed by atoms with Crippen LogP contribution in [0.25, 0.3) is 0 Å². The van der Waals surface area contributed by atoms with Gasteiger partial charge in [0.25, 0.3) is 0 Å².